The Morgan fingerprint density at radius 2 is 1.83 bits per heavy atom. The molecule has 1 heterocycles. The fraction of sp³-hybridized carbons (Fsp3) is 0.417. The quantitative estimate of drug-likeness (QED) is 0.688. The van der Waals surface area contributed by atoms with Crippen LogP contribution in [0.5, 0.6) is 11.5 Å². The van der Waals surface area contributed by atoms with E-state index in [1.165, 1.54) is 0 Å². The van der Waals surface area contributed by atoms with Gasteiger partial charge >= 0.3 is 0 Å². The number of hydrogen-bond acceptors (Lipinski definition) is 4. The minimum Gasteiger partial charge on any atom is -0.493 e. The molecule has 1 aliphatic heterocycles. The van der Waals surface area contributed by atoms with Crippen molar-refractivity contribution in [2.45, 2.75) is 39.3 Å². The van der Waals surface area contributed by atoms with Gasteiger partial charge in [-0.15, -0.1) is 0 Å². The van der Waals surface area contributed by atoms with E-state index in [4.69, 9.17) is 9.47 Å². The van der Waals surface area contributed by atoms with Crippen LogP contribution in [0.1, 0.15) is 41.8 Å². The Morgan fingerprint density at radius 3 is 2.50 bits per heavy atom. The molecular formula is C24H30N2O4. The number of nitrogens with zero attached hydrogens (tertiary/aromatic N) is 1. The van der Waals surface area contributed by atoms with Gasteiger partial charge in [0, 0.05) is 18.7 Å². The summed E-state index contributed by atoms with van der Waals surface area (Å²) in [6, 6.07) is 12.8. The number of carbonyl (C=O) groups is 2. The van der Waals surface area contributed by atoms with E-state index in [-0.39, 0.29) is 11.8 Å². The van der Waals surface area contributed by atoms with Gasteiger partial charge in [-0.2, -0.15) is 0 Å². The smallest absolute Gasteiger partial charge is 0.255 e. The summed E-state index contributed by atoms with van der Waals surface area (Å²) >= 11 is 0. The molecule has 30 heavy (non-hydrogen) atoms. The van der Waals surface area contributed by atoms with E-state index in [0.29, 0.717) is 48.9 Å². The maximum atomic E-state index is 13.0. The second-order valence-corrected chi connectivity index (χ2v) is 7.97. The van der Waals surface area contributed by atoms with Crippen molar-refractivity contribution in [2.75, 3.05) is 20.8 Å². The minimum atomic E-state index is -0.477. The average molecular weight is 411 g/mol. The van der Waals surface area contributed by atoms with E-state index in [0.717, 1.165) is 11.1 Å². The Balaban J connectivity index is 1.65. The molecule has 0 unspecified atom stereocenters. The summed E-state index contributed by atoms with van der Waals surface area (Å²) in [5.41, 5.74) is 2.72. The van der Waals surface area contributed by atoms with Crippen LogP contribution in [0.25, 0.3) is 0 Å². The van der Waals surface area contributed by atoms with Crippen molar-refractivity contribution < 1.29 is 19.1 Å². The lowest BCUT2D eigenvalue weighted by Gasteiger charge is -2.28. The molecule has 2 aromatic rings. The molecule has 0 radical (unpaired) electrons. The lowest BCUT2D eigenvalue weighted by atomic mass is 10.0. The number of benzene rings is 2. The summed E-state index contributed by atoms with van der Waals surface area (Å²) in [5, 5.41) is 3.02. The number of ether oxygens (including phenoxy) is 2. The second-order valence-electron chi connectivity index (χ2n) is 7.97. The predicted molar refractivity (Wildman–Crippen MR) is 116 cm³/mol. The van der Waals surface area contributed by atoms with Gasteiger partial charge < -0.3 is 19.7 Å². The molecule has 6 nitrogen and oxygen atoms in total. The number of carbonyl (C=O) groups excluding carboxylic acids is 2. The topological polar surface area (TPSA) is 67.9 Å². The van der Waals surface area contributed by atoms with Gasteiger partial charge in [0.05, 0.1) is 14.2 Å². The molecule has 1 aliphatic rings. The fourth-order valence-corrected chi connectivity index (χ4v) is 3.83. The third kappa shape index (κ3) is 4.75. The summed E-state index contributed by atoms with van der Waals surface area (Å²) in [7, 11) is 3.20. The van der Waals surface area contributed by atoms with Crippen molar-refractivity contribution in [3.05, 3.63) is 59.2 Å². The zero-order chi connectivity index (χ0) is 21.7. The minimum absolute atomic E-state index is 0.0636. The molecule has 0 aromatic heterocycles. The fourth-order valence-electron chi connectivity index (χ4n) is 3.83. The van der Waals surface area contributed by atoms with Crippen LogP contribution in [0.4, 0.5) is 0 Å². The van der Waals surface area contributed by atoms with Gasteiger partial charge in [-0.3, -0.25) is 9.59 Å². The van der Waals surface area contributed by atoms with Crippen LogP contribution >= 0.6 is 0 Å². The first-order valence-electron chi connectivity index (χ1n) is 10.3. The number of rotatable bonds is 9. The van der Waals surface area contributed by atoms with E-state index in [2.05, 4.69) is 19.2 Å². The molecular weight excluding hydrogens is 380 g/mol. The van der Waals surface area contributed by atoms with Gasteiger partial charge in [0.25, 0.3) is 5.91 Å². The monoisotopic (exact) mass is 410 g/mol. The summed E-state index contributed by atoms with van der Waals surface area (Å²) < 4.78 is 10.6. The molecule has 0 saturated carbocycles. The molecule has 0 fully saturated rings. The average Bonchev–Trinajstić information content (AvgIpc) is 3.08. The van der Waals surface area contributed by atoms with Gasteiger partial charge in [-0.25, -0.2) is 0 Å². The van der Waals surface area contributed by atoms with Gasteiger partial charge in [-0.05, 0) is 48.1 Å². The summed E-state index contributed by atoms with van der Waals surface area (Å²) in [6.07, 6.45) is 1.29. The number of methoxy groups -OCH3 is 2. The highest BCUT2D eigenvalue weighted by atomic mass is 16.5. The highest BCUT2D eigenvalue weighted by Gasteiger charge is 2.36. The Morgan fingerprint density at radius 1 is 1.10 bits per heavy atom. The van der Waals surface area contributed by atoms with Gasteiger partial charge in [-0.1, -0.05) is 38.1 Å². The zero-order valence-corrected chi connectivity index (χ0v) is 18.1. The standard InChI is InChI=1S/C24H30N2O4/c1-16(2)13-20(26-15-18-7-5-6-8-19(18)24(26)28)23(27)25-12-11-17-9-10-21(29-3)22(14-17)30-4/h5-10,14,16,20H,11-13,15H2,1-4H3,(H,25,27)/t20-/m0/s1. The number of hydrogen-bond donors (Lipinski definition) is 1. The van der Waals surface area contributed by atoms with Gasteiger partial charge in [0.1, 0.15) is 6.04 Å². The second kappa shape index (κ2) is 9.65. The van der Waals surface area contributed by atoms with Gasteiger partial charge in [0.15, 0.2) is 11.5 Å². The first-order valence-corrected chi connectivity index (χ1v) is 10.3. The lowest BCUT2D eigenvalue weighted by Crippen LogP contribution is -2.48. The third-order valence-corrected chi connectivity index (χ3v) is 5.38. The van der Waals surface area contributed by atoms with Crippen molar-refractivity contribution >= 4 is 11.8 Å². The van der Waals surface area contributed by atoms with Crippen LogP contribution in [0, 0.1) is 5.92 Å². The first kappa shape index (κ1) is 21.7. The van der Waals surface area contributed by atoms with Crippen LogP contribution in [-0.2, 0) is 17.8 Å². The largest absolute Gasteiger partial charge is 0.493 e. The molecule has 6 heteroatoms. The third-order valence-electron chi connectivity index (χ3n) is 5.38. The molecule has 0 aliphatic carbocycles. The summed E-state index contributed by atoms with van der Waals surface area (Å²) in [6.45, 7) is 5.10. The lowest BCUT2D eigenvalue weighted by molar-refractivity contribution is -0.126. The Kier molecular flexibility index (Phi) is 6.98. The van der Waals surface area contributed by atoms with Crippen molar-refractivity contribution in [2.24, 2.45) is 5.92 Å². The van der Waals surface area contributed by atoms with E-state index in [1.54, 1.807) is 19.1 Å². The molecule has 1 N–H and O–H groups in total. The molecule has 3 rings (SSSR count). The first-order chi connectivity index (χ1) is 14.4. The molecule has 2 aromatic carbocycles. The van der Waals surface area contributed by atoms with Crippen LogP contribution in [0.15, 0.2) is 42.5 Å². The van der Waals surface area contributed by atoms with Crippen molar-refractivity contribution in [1.82, 2.24) is 10.2 Å². The van der Waals surface area contributed by atoms with E-state index >= 15 is 0 Å². The van der Waals surface area contributed by atoms with Crippen LogP contribution in [-0.4, -0.2) is 43.5 Å². The Labute approximate surface area is 178 Å². The highest BCUT2D eigenvalue weighted by molar-refractivity contribution is 6.01. The maximum absolute atomic E-state index is 13.0. The zero-order valence-electron chi connectivity index (χ0n) is 18.1. The normalized spacial score (nSPS) is 13.9. The van der Waals surface area contributed by atoms with Crippen LogP contribution < -0.4 is 14.8 Å². The van der Waals surface area contributed by atoms with Gasteiger partial charge in [0.2, 0.25) is 5.91 Å². The molecule has 2 amide bonds. The van der Waals surface area contributed by atoms with Crippen LogP contribution in [0.3, 0.4) is 0 Å². The summed E-state index contributed by atoms with van der Waals surface area (Å²) in [4.78, 5) is 27.6. The molecule has 0 bridgehead atoms. The SMILES string of the molecule is COc1ccc(CCNC(=O)[C@H](CC(C)C)N2Cc3ccccc3C2=O)cc1OC. The molecule has 1 atom stereocenters. The predicted octanol–water partition coefficient (Wildman–Crippen LogP) is 3.43. The number of amides is 2. The number of nitrogens with one attached hydrogen (secondary N) is 1. The highest BCUT2D eigenvalue weighted by Crippen LogP contribution is 2.28. The van der Waals surface area contributed by atoms with E-state index in [1.807, 2.05) is 42.5 Å². The maximum Gasteiger partial charge on any atom is 0.255 e. The Hall–Kier alpha value is -3.02. The van der Waals surface area contributed by atoms with E-state index < -0.39 is 6.04 Å². The van der Waals surface area contributed by atoms with Crippen molar-refractivity contribution in [3.63, 3.8) is 0 Å². The summed E-state index contributed by atoms with van der Waals surface area (Å²) in [5.74, 6) is 1.47. The molecule has 0 spiro atoms. The van der Waals surface area contributed by atoms with Crippen LogP contribution in [0.2, 0.25) is 0 Å². The molecule has 0 saturated heterocycles. The van der Waals surface area contributed by atoms with E-state index in [9.17, 15) is 9.59 Å². The number of fused-ring (bicyclic) bond motifs is 1. The Bertz CT molecular complexity index is 910. The molecule has 160 valence electrons. The van der Waals surface area contributed by atoms with Crippen molar-refractivity contribution in [3.8, 4) is 11.5 Å². The van der Waals surface area contributed by atoms with Crippen molar-refractivity contribution in [1.29, 1.82) is 0 Å².